The van der Waals surface area contributed by atoms with Crippen LogP contribution in [0.5, 0.6) is 11.5 Å². The molecule has 0 aromatic heterocycles. The molecule has 0 saturated carbocycles. The molecule has 0 radical (unpaired) electrons. The summed E-state index contributed by atoms with van der Waals surface area (Å²) in [7, 11) is 0. The van der Waals surface area contributed by atoms with E-state index < -0.39 is 5.41 Å². The van der Waals surface area contributed by atoms with Crippen molar-refractivity contribution in [1.29, 1.82) is 0 Å². The van der Waals surface area contributed by atoms with Gasteiger partial charge in [-0.15, -0.1) is 0 Å². The number of alkyl halides is 1. The van der Waals surface area contributed by atoms with Crippen LogP contribution in [0, 0.1) is 3.57 Å². The van der Waals surface area contributed by atoms with Crippen LogP contribution in [-0.4, -0.2) is 30.1 Å². The molecule has 0 aliphatic carbocycles. The van der Waals surface area contributed by atoms with Crippen molar-refractivity contribution in [3.05, 3.63) is 57.7 Å². The van der Waals surface area contributed by atoms with E-state index in [0.29, 0.717) is 13.2 Å². The van der Waals surface area contributed by atoms with Crippen molar-refractivity contribution in [1.82, 2.24) is 5.32 Å². The van der Waals surface area contributed by atoms with Crippen LogP contribution in [-0.2, 0) is 10.2 Å². The number of para-hydroxylation sites is 2. The first-order valence-electron chi connectivity index (χ1n) is 8.27. The first kappa shape index (κ1) is 18.0. The van der Waals surface area contributed by atoms with Crippen LogP contribution in [0.3, 0.4) is 0 Å². The quantitative estimate of drug-likeness (QED) is 0.506. The van der Waals surface area contributed by atoms with Crippen molar-refractivity contribution in [3.8, 4) is 11.5 Å². The van der Waals surface area contributed by atoms with Gasteiger partial charge in [-0.25, -0.2) is 0 Å². The molecule has 1 unspecified atom stereocenters. The molecule has 1 atom stereocenters. The molecule has 5 heteroatoms. The molecule has 0 spiro atoms. The van der Waals surface area contributed by atoms with Gasteiger partial charge < -0.3 is 0 Å². The number of carbonyl (C=O) groups is 1. The van der Waals surface area contributed by atoms with Crippen molar-refractivity contribution in [2.24, 2.45) is 0 Å². The van der Waals surface area contributed by atoms with Gasteiger partial charge >= 0.3 is 141 Å². The van der Waals surface area contributed by atoms with E-state index >= 15 is 0 Å². The van der Waals surface area contributed by atoms with Gasteiger partial charge in [0, 0.05) is 0 Å². The first-order valence-corrected chi connectivity index (χ1v) is 11.5. The Kier molecular flexibility index (Phi) is 5.51. The van der Waals surface area contributed by atoms with Gasteiger partial charge in [0.1, 0.15) is 0 Å². The van der Waals surface area contributed by atoms with E-state index in [9.17, 15) is 4.79 Å². The summed E-state index contributed by atoms with van der Waals surface area (Å²) < 4.78 is 13.0. The molecule has 1 aliphatic heterocycles. The maximum absolute atomic E-state index is 12.7. The molecule has 0 fully saturated rings. The van der Waals surface area contributed by atoms with Gasteiger partial charge in [0.2, 0.25) is 0 Å². The Hall–Kier alpha value is -1.76. The number of rotatable bonds is 5. The Bertz CT molecular complexity index is 743. The number of hydrogen-bond donors (Lipinski definition) is 1. The molecule has 3 rings (SSSR count). The average molecular weight is 452 g/mol. The molecule has 2 aromatic rings. The summed E-state index contributed by atoms with van der Waals surface area (Å²) in [6, 6.07) is 16.0. The molecule has 1 heterocycles. The molecule has 1 N–H and O–H groups in total. The molecule has 1 aliphatic rings. The fourth-order valence-corrected chi connectivity index (χ4v) is 3.79. The second kappa shape index (κ2) is 7.64. The van der Waals surface area contributed by atoms with E-state index in [1.807, 2.05) is 38.1 Å². The third-order valence-corrected chi connectivity index (χ3v) is 6.37. The van der Waals surface area contributed by atoms with Crippen LogP contribution >= 0.6 is 0 Å². The second-order valence-electron chi connectivity index (χ2n) is 6.53. The molecule has 4 nitrogen and oxygen atoms in total. The SMILES string of the molecule is C[I-]c1ccc(C(C)(C)C(=O)NCC2COc3ccccc3O2)cc1. The molecular formula is C20H23INO3-. The standard InChI is InChI=1S/C20H23INO3/c1-20(2,14-8-10-15(21-3)11-9-14)19(23)22-12-16-13-24-17-6-4-5-7-18(17)25-16/h4-11,16H,12-13H2,1-3H3,(H,22,23)/q-1. The van der Waals surface area contributed by atoms with E-state index in [1.54, 1.807) is 0 Å². The Balaban J connectivity index is 1.60. The van der Waals surface area contributed by atoms with E-state index in [2.05, 4.69) is 34.5 Å². The minimum atomic E-state index is -0.585. The van der Waals surface area contributed by atoms with Crippen molar-refractivity contribution in [3.63, 3.8) is 0 Å². The van der Waals surface area contributed by atoms with Crippen molar-refractivity contribution in [2.45, 2.75) is 25.4 Å². The minimum absolute atomic E-state index is 0.00564. The summed E-state index contributed by atoms with van der Waals surface area (Å²) in [5.74, 6) is 1.48. The third kappa shape index (κ3) is 4.08. The number of carbonyl (C=O) groups excluding carboxylic acids is 1. The zero-order valence-electron chi connectivity index (χ0n) is 14.7. The first-order chi connectivity index (χ1) is 12.0. The van der Waals surface area contributed by atoms with Crippen molar-refractivity contribution in [2.75, 3.05) is 18.1 Å². The van der Waals surface area contributed by atoms with Crippen LogP contribution in [0.15, 0.2) is 48.5 Å². The number of benzene rings is 2. The van der Waals surface area contributed by atoms with Gasteiger partial charge in [-0.05, 0) is 6.07 Å². The summed E-state index contributed by atoms with van der Waals surface area (Å²) in [5, 5.41) is 3.01. The predicted octanol–water partition coefficient (Wildman–Crippen LogP) is -0.191. The summed E-state index contributed by atoms with van der Waals surface area (Å²) in [4.78, 5) is 14.9. The van der Waals surface area contributed by atoms with E-state index in [-0.39, 0.29) is 33.2 Å². The van der Waals surface area contributed by atoms with Gasteiger partial charge in [-0.3, -0.25) is 0 Å². The number of fused-ring (bicyclic) bond motifs is 1. The van der Waals surface area contributed by atoms with Gasteiger partial charge in [0.05, 0.1) is 0 Å². The Morgan fingerprint density at radius 2 is 1.84 bits per heavy atom. The molecule has 134 valence electrons. The van der Waals surface area contributed by atoms with Crippen LogP contribution in [0.1, 0.15) is 19.4 Å². The number of hydrogen-bond acceptors (Lipinski definition) is 3. The monoisotopic (exact) mass is 452 g/mol. The van der Waals surface area contributed by atoms with Crippen LogP contribution < -0.4 is 36.0 Å². The molecule has 25 heavy (non-hydrogen) atoms. The van der Waals surface area contributed by atoms with E-state index in [0.717, 1.165) is 17.1 Å². The normalized spacial score (nSPS) is 16.5. The molecule has 0 saturated heterocycles. The number of nitrogens with one attached hydrogen (secondary N) is 1. The summed E-state index contributed by atoms with van der Waals surface area (Å²) in [6.45, 7) is 4.76. The van der Waals surface area contributed by atoms with Crippen LogP contribution in [0.2, 0.25) is 0 Å². The van der Waals surface area contributed by atoms with E-state index in [4.69, 9.17) is 9.47 Å². The van der Waals surface area contributed by atoms with Gasteiger partial charge in [-0.2, -0.15) is 0 Å². The number of amides is 1. The summed E-state index contributed by atoms with van der Waals surface area (Å²) >= 11 is 0.0753. The van der Waals surface area contributed by atoms with Gasteiger partial charge in [0.15, 0.2) is 0 Å². The number of ether oxygens (including phenoxy) is 2. The van der Waals surface area contributed by atoms with Crippen LogP contribution in [0.25, 0.3) is 0 Å². The van der Waals surface area contributed by atoms with Gasteiger partial charge in [-0.1, -0.05) is 12.1 Å². The van der Waals surface area contributed by atoms with Crippen molar-refractivity contribution >= 4 is 5.91 Å². The van der Waals surface area contributed by atoms with E-state index in [1.165, 1.54) is 3.57 Å². The Morgan fingerprint density at radius 1 is 1.16 bits per heavy atom. The summed E-state index contributed by atoms with van der Waals surface area (Å²) in [5.41, 5.74) is 0.440. The zero-order valence-corrected chi connectivity index (χ0v) is 16.9. The fraction of sp³-hybridized carbons (Fsp3) is 0.350. The topological polar surface area (TPSA) is 47.6 Å². The maximum atomic E-state index is 12.7. The predicted molar refractivity (Wildman–Crippen MR) is 93.5 cm³/mol. The fourth-order valence-electron chi connectivity index (χ4n) is 2.71. The second-order valence-corrected chi connectivity index (χ2v) is 8.85. The zero-order chi connectivity index (χ0) is 17.9. The van der Waals surface area contributed by atoms with Crippen LogP contribution in [0.4, 0.5) is 0 Å². The van der Waals surface area contributed by atoms with Crippen molar-refractivity contribution < 1.29 is 35.5 Å². The molecule has 2 aromatic carbocycles. The molecular weight excluding hydrogens is 429 g/mol. The average Bonchev–Trinajstić information content (AvgIpc) is 2.65. The number of halogens is 1. The molecule has 1 amide bonds. The van der Waals surface area contributed by atoms with Gasteiger partial charge in [0.25, 0.3) is 0 Å². The molecule has 0 bridgehead atoms. The Labute approximate surface area is 159 Å². The Morgan fingerprint density at radius 3 is 2.52 bits per heavy atom. The summed E-state index contributed by atoms with van der Waals surface area (Å²) in [6.07, 6.45) is -0.179. The third-order valence-electron chi connectivity index (χ3n) is 4.41.